The Labute approximate surface area is 131 Å². The second-order valence-corrected chi connectivity index (χ2v) is 5.22. The minimum atomic E-state index is -0.126. The molecule has 22 heavy (non-hydrogen) atoms. The first-order valence-electron chi connectivity index (χ1n) is 7.28. The van der Waals surface area contributed by atoms with Gasteiger partial charge in [0.25, 0.3) is 0 Å². The molecule has 0 aliphatic rings. The van der Waals surface area contributed by atoms with Crippen molar-refractivity contribution in [3.8, 4) is 5.75 Å². The van der Waals surface area contributed by atoms with E-state index >= 15 is 0 Å². The van der Waals surface area contributed by atoms with Crippen molar-refractivity contribution in [3.63, 3.8) is 0 Å². The van der Waals surface area contributed by atoms with E-state index in [4.69, 9.17) is 4.74 Å². The molecule has 114 valence electrons. The number of carbonyl (C=O) groups excluding carboxylic acids is 1. The number of ether oxygens (including phenoxy) is 1. The highest BCUT2D eigenvalue weighted by Crippen LogP contribution is 2.18. The van der Waals surface area contributed by atoms with Crippen molar-refractivity contribution in [3.05, 3.63) is 71.3 Å². The van der Waals surface area contributed by atoms with Crippen LogP contribution in [0.15, 0.2) is 54.6 Å². The molecule has 0 spiro atoms. The second-order valence-electron chi connectivity index (χ2n) is 5.22. The standard InChI is InChI=1S/C19H21NO2/c1-14-8-10-16(11-9-14)15(2)20-19(21)13-12-17-6-4-5-7-18(17)22-3/h4-13,15H,1-3H3,(H,20,21)/b13-12+/t15-/m1/s1. The molecule has 2 aromatic rings. The minimum Gasteiger partial charge on any atom is -0.496 e. The number of methoxy groups -OCH3 is 1. The summed E-state index contributed by atoms with van der Waals surface area (Å²) < 4.78 is 5.26. The molecule has 0 aromatic heterocycles. The van der Waals surface area contributed by atoms with E-state index in [1.165, 1.54) is 11.6 Å². The Hall–Kier alpha value is -2.55. The predicted octanol–water partition coefficient (Wildman–Crippen LogP) is 3.89. The van der Waals surface area contributed by atoms with Crippen LogP contribution in [0.2, 0.25) is 0 Å². The number of benzene rings is 2. The summed E-state index contributed by atoms with van der Waals surface area (Å²) in [4.78, 5) is 12.0. The van der Waals surface area contributed by atoms with Crippen LogP contribution in [-0.2, 0) is 4.79 Å². The van der Waals surface area contributed by atoms with Crippen LogP contribution < -0.4 is 10.1 Å². The van der Waals surface area contributed by atoms with Crippen molar-refractivity contribution in [2.45, 2.75) is 19.9 Å². The highest BCUT2D eigenvalue weighted by Gasteiger charge is 2.07. The van der Waals surface area contributed by atoms with E-state index in [1.54, 1.807) is 13.2 Å². The van der Waals surface area contributed by atoms with Gasteiger partial charge in [0.05, 0.1) is 13.2 Å². The number of para-hydroxylation sites is 1. The topological polar surface area (TPSA) is 38.3 Å². The van der Waals surface area contributed by atoms with Crippen LogP contribution in [-0.4, -0.2) is 13.0 Å². The van der Waals surface area contributed by atoms with Gasteiger partial charge >= 0.3 is 0 Å². The molecule has 3 nitrogen and oxygen atoms in total. The highest BCUT2D eigenvalue weighted by atomic mass is 16.5. The Morgan fingerprint density at radius 1 is 1.14 bits per heavy atom. The summed E-state index contributed by atoms with van der Waals surface area (Å²) in [5, 5.41) is 2.96. The maximum Gasteiger partial charge on any atom is 0.244 e. The second kappa shape index (κ2) is 7.46. The molecule has 0 saturated heterocycles. The number of carbonyl (C=O) groups is 1. The lowest BCUT2D eigenvalue weighted by Crippen LogP contribution is -2.24. The highest BCUT2D eigenvalue weighted by molar-refractivity contribution is 5.92. The molecule has 0 aliphatic heterocycles. The fourth-order valence-electron chi connectivity index (χ4n) is 2.17. The van der Waals surface area contributed by atoms with Crippen LogP contribution >= 0.6 is 0 Å². The Bertz CT molecular complexity index is 659. The van der Waals surface area contributed by atoms with E-state index < -0.39 is 0 Å². The van der Waals surface area contributed by atoms with E-state index in [2.05, 4.69) is 5.32 Å². The molecular weight excluding hydrogens is 274 g/mol. The molecule has 2 aromatic carbocycles. The Morgan fingerprint density at radius 3 is 2.50 bits per heavy atom. The van der Waals surface area contributed by atoms with Crippen LogP contribution in [0, 0.1) is 6.92 Å². The average Bonchev–Trinajstić information content (AvgIpc) is 2.53. The first kappa shape index (κ1) is 15.8. The zero-order valence-corrected chi connectivity index (χ0v) is 13.2. The van der Waals surface area contributed by atoms with Gasteiger partial charge in [-0.25, -0.2) is 0 Å². The van der Waals surface area contributed by atoms with Crippen molar-refractivity contribution < 1.29 is 9.53 Å². The number of hydrogen-bond acceptors (Lipinski definition) is 2. The molecule has 0 bridgehead atoms. The van der Waals surface area contributed by atoms with Gasteiger partial charge in [0.2, 0.25) is 5.91 Å². The van der Waals surface area contributed by atoms with Crippen molar-refractivity contribution in [1.82, 2.24) is 5.32 Å². The first-order valence-corrected chi connectivity index (χ1v) is 7.28. The summed E-state index contributed by atoms with van der Waals surface area (Å²) in [5.41, 5.74) is 3.17. The molecule has 3 heteroatoms. The smallest absolute Gasteiger partial charge is 0.244 e. The summed E-state index contributed by atoms with van der Waals surface area (Å²) in [5.74, 6) is 0.622. The number of aryl methyl sites for hydroxylation is 1. The molecule has 0 saturated carbocycles. The van der Waals surface area contributed by atoms with Gasteiger partial charge in [-0.3, -0.25) is 4.79 Å². The fraction of sp³-hybridized carbons (Fsp3) is 0.211. The van der Waals surface area contributed by atoms with Crippen LogP contribution in [0.5, 0.6) is 5.75 Å². The maximum absolute atomic E-state index is 12.0. The van der Waals surface area contributed by atoms with E-state index in [0.717, 1.165) is 16.9 Å². The Kier molecular flexibility index (Phi) is 5.37. The van der Waals surface area contributed by atoms with Gasteiger partial charge in [0.15, 0.2) is 0 Å². The quantitative estimate of drug-likeness (QED) is 0.850. The summed E-state index contributed by atoms with van der Waals surface area (Å²) >= 11 is 0. The zero-order chi connectivity index (χ0) is 15.9. The summed E-state index contributed by atoms with van der Waals surface area (Å²) in [6, 6.07) is 15.7. The molecule has 0 radical (unpaired) electrons. The average molecular weight is 295 g/mol. The molecule has 1 amide bonds. The van der Waals surface area contributed by atoms with Crippen molar-refractivity contribution in [2.75, 3.05) is 7.11 Å². The minimum absolute atomic E-state index is 0.0320. The third-order valence-corrected chi connectivity index (χ3v) is 3.49. The van der Waals surface area contributed by atoms with Gasteiger partial charge in [-0.15, -0.1) is 0 Å². The van der Waals surface area contributed by atoms with Gasteiger partial charge in [0.1, 0.15) is 5.75 Å². The number of hydrogen-bond donors (Lipinski definition) is 1. The summed E-state index contributed by atoms with van der Waals surface area (Å²) in [7, 11) is 1.62. The first-order chi connectivity index (χ1) is 10.6. The fourth-order valence-corrected chi connectivity index (χ4v) is 2.17. The molecule has 1 atom stereocenters. The SMILES string of the molecule is COc1ccccc1/C=C/C(=O)N[C@H](C)c1ccc(C)cc1. The third-order valence-electron chi connectivity index (χ3n) is 3.49. The molecule has 0 heterocycles. The van der Waals surface area contributed by atoms with E-state index in [9.17, 15) is 4.79 Å². The van der Waals surface area contributed by atoms with E-state index in [1.807, 2.05) is 62.4 Å². The van der Waals surface area contributed by atoms with E-state index in [-0.39, 0.29) is 11.9 Å². The van der Waals surface area contributed by atoms with Crippen LogP contribution in [0.4, 0.5) is 0 Å². The number of nitrogens with one attached hydrogen (secondary N) is 1. The number of rotatable bonds is 5. The van der Waals surface area contributed by atoms with Gasteiger partial charge in [-0.1, -0.05) is 48.0 Å². The van der Waals surface area contributed by atoms with Gasteiger partial charge in [0, 0.05) is 11.6 Å². The monoisotopic (exact) mass is 295 g/mol. The summed E-state index contributed by atoms with van der Waals surface area (Å²) in [6.45, 7) is 4.02. The molecule has 0 unspecified atom stereocenters. The lowest BCUT2D eigenvalue weighted by molar-refractivity contribution is -0.117. The van der Waals surface area contributed by atoms with Gasteiger partial charge in [-0.2, -0.15) is 0 Å². The van der Waals surface area contributed by atoms with Crippen molar-refractivity contribution in [2.24, 2.45) is 0 Å². The van der Waals surface area contributed by atoms with E-state index in [0.29, 0.717) is 0 Å². The molecule has 0 aliphatic carbocycles. The van der Waals surface area contributed by atoms with Crippen LogP contribution in [0.25, 0.3) is 6.08 Å². The van der Waals surface area contributed by atoms with Crippen molar-refractivity contribution in [1.29, 1.82) is 0 Å². The summed E-state index contributed by atoms with van der Waals surface area (Å²) in [6.07, 6.45) is 3.29. The zero-order valence-electron chi connectivity index (χ0n) is 13.2. The molecule has 2 rings (SSSR count). The Morgan fingerprint density at radius 2 is 1.82 bits per heavy atom. The van der Waals surface area contributed by atoms with Crippen molar-refractivity contribution >= 4 is 12.0 Å². The Balaban J connectivity index is 2.00. The lowest BCUT2D eigenvalue weighted by atomic mass is 10.1. The maximum atomic E-state index is 12.0. The molecule has 1 N–H and O–H groups in total. The predicted molar refractivity (Wildman–Crippen MR) is 89.8 cm³/mol. The van der Waals surface area contributed by atoms with Gasteiger partial charge in [-0.05, 0) is 31.6 Å². The molecule has 0 fully saturated rings. The molecular formula is C19H21NO2. The normalized spacial score (nSPS) is 12.1. The number of amides is 1. The third kappa shape index (κ3) is 4.22. The van der Waals surface area contributed by atoms with Gasteiger partial charge < -0.3 is 10.1 Å². The lowest BCUT2D eigenvalue weighted by Gasteiger charge is -2.13. The largest absolute Gasteiger partial charge is 0.496 e. The van der Waals surface area contributed by atoms with Crippen LogP contribution in [0.1, 0.15) is 29.7 Å². The van der Waals surface area contributed by atoms with Crippen LogP contribution in [0.3, 0.4) is 0 Å².